The maximum Gasteiger partial charge on any atom is 0.329 e. The zero-order valence-electron chi connectivity index (χ0n) is 17.3. The summed E-state index contributed by atoms with van der Waals surface area (Å²) in [6.45, 7) is -0.337. The number of hydrazone groups is 1. The van der Waals surface area contributed by atoms with Crippen molar-refractivity contribution in [2.75, 3.05) is 17.2 Å². The van der Waals surface area contributed by atoms with Crippen molar-refractivity contribution in [1.29, 1.82) is 0 Å². The number of hydrogen-bond acceptors (Lipinski definition) is 5. The SMILES string of the molecule is O=C(COc1ccc(/C=N\NC(=O)C(=O)Nc2ccccc2F)cc1)Nc1ccc(Br)cc1F. The Labute approximate surface area is 201 Å². The fraction of sp³-hybridized carbons (Fsp3) is 0.0435. The van der Waals surface area contributed by atoms with Gasteiger partial charge in [0.25, 0.3) is 5.91 Å². The summed E-state index contributed by atoms with van der Waals surface area (Å²) in [5.41, 5.74) is 2.50. The van der Waals surface area contributed by atoms with Gasteiger partial charge < -0.3 is 15.4 Å². The van der Waals surface area contributed by atoms with Crippen molar-refractivity contribution in [3.05, 3.63) is 88.4 Å². The van der Waals surface area contributed by atoms with Crippen molar-refractivity contribution in [2.24, 2.45) is 5.10 Å². The smallest absolute Gasteiger partial charge is 0.329 e. The average Bonchev–Trinajstić information content (AvgIpc) is 2.81. The van der Waals surface area contributed by atoms with Crippen LogP contribution in [0.15, 0.2) is 76.3 Å². The number of nitrogens with zero attached hydrogens (tertiary/aromatic N) is 1. The van der Waals surface area contributed by atoms with Crippen LogP contribution in [0.4, 0.5) is 20.2 Å². The second kappa shape index (κ2) is 11.7. The average molecular weight is 531 g/mol. The minimum atomic E-state index is -1.08. The number of amides is 3. The molecule has 174 valence electrons. The Balaban J connectivity index is 1.44. The molecule has 0 spiro atoms. The number of halogens is 3. The van der Waals surface area contributed by atoms with E-state index in [-0.39, 0.29) is 18.0 Å². The highest BCUT2D eigenvalue weighted by atomic mass is 79.9. The molecule has 0 aromatic heterocycles. The summed E-state index contributed by atoms with van der Waals surface area (Å²) in [6.07, 6.45) is 1.28. The fourth-order valence-electron chi connectivity index (χ4n) is 2.53. The third-order valence-corrected chi connectivity index (χ3v) is 4.66. The first-order valence-corrected chi connectivity index (χ1v) is 10.5. The van der Waals surface area contributed by atoms with E-state index >= 15 is 0 Å². The van der Waals surface area contributed by atoms with E-state index in [9.17, 15) is 23.2 Å². The minimum absolute atomic E-state index is 0.0352. The Bertz CT molecular complexity index is 1240. The Morgan fingerprint density at radius 2 is 1.59 bits per heavy atom. The maximum atomic E-state index is 13.8. The number of nitrogens with one attached hydrogen (secondary N) is 3. The van der Waals surface area contributed by atoms with E-state index in [1.807, 2.05) is 5.43 Å². The summed E-state index contributed by atoms with van der Waals surface area (Å²) in [5, 5.41) is 8.22. The Morgan fingerprint density at radius 1 is 0.882 bits per heavy atom. The Morgan fingerprint density at radius 3 is 2.29 bits per heavy atom. The molecule has 0 aliphatic rings. The summed E-state index contributed by atoms with van der Waals surface area (Å²) in [6, 6.07) is 16.0. The first-order valence-electron chi connectivity index (χ1n) is 9.68. The van der Waals surface area contributed by atoms with Gasteiger partial charge in [-0.15, -0.1) is 0 Å². The predicted molar refractivity (Wildman–Crippen MR) is 125 cm³/mol. The molecule has 0 saturated heterocycles. The fourth-order valence-corrected chi connectivity index (χ4v) is 2.87. The van der Waals surface area contributed by atoms with Crippen LogP contribution in [0, 0.1) is 11.6 Å². The second-order valence-electron chi connectivity index (χ2n) is 6.66. The van der Waals surface area contributed by atoms with Gasteiger partial charge in [-0.05, 0) is 60.2 Å². The van der Waals surface area contributed by atoms with Crippen LogP contribution >= 0.6 is 15.9 Å². The molecule has 34 heavy (non-hydrogen) atoms. The van der Waals surface area contributed by atoms with E-state index in [4.69, 9.17) is 4.74 Å². The van der Waals surface area contributed by atoms with Gasteiger partial charge in [-0.1, -0.05) is 28.1 Å². The number of rotatable bonds is 7. The van der Waals surface area contributed by atoms with Crippen LogP contribution in [0.5, 0.6) is 5.75 Å². The van der Waals surface area contributed by atoms with Crippen LogP contribution in [-0.2, 0) is 14.4 Å². The summed E-state index contributed by atoms with van der Waals surface area (Å²) < 4.78 is 33.2. The van der Waals surface area contributed by atoms with Gasteiger partial charge in [-0.2, -0.15) is 5.10 Å². The third-order valence-electron chi connectivity index (χ3n) is 4.16. The molecule has 3 aromatic carbocycles. The number of benzene rings is 3. The monoisotopic (exact) mass is 530 g/mol. The first kappa shape index (κ1) is 24.5. The molecule has 0 bridgehead atoms. The van der Waals surface area contributed by atoms with Gasteiger partial charge in [-0.3, -0.25) is 14.4 Å². The van der Waals surface area contributed by atoms with Crippen molar-refractivity contribution in [2.45, 2.75) is 0 Å². The molecule has 0 unspecified atom stereocenters. The largest absolute Gasteiger partial charge is 0.484 e. The van der Waals surface area contributed by atoms with E-state index in [1.54, 1.807) is 30.3 Å². The molecule has 0 heterocycles. The van der Waals surface area contributed by atoms with Gasteiger partial charge in [0.1, 0.15) is 17.4 Å². The zero-order chi connectivity index (χ0) is 24.5. The summed E-state index contributed by atoms with van der Waals surface area (Å²) >= 11 is 3.14. The molecule has 0 saturated carbocycles. The summed E-state index contributed by atoms with van der Waals surface area (Å²) in [5.74, 6) is -3.57. The molecule has 0 radical (unpaired) electrons. The molecule has 8 nitrogen and oxygen atoms in total. The van der Waals surface area contributed by atoms with E-state index in [0.717, 1.165) is 6.07 Å². The van der Waals surface area contributed by atoms with Gasteiger partial charge in [0.15, 0.2) is 6.61 Å². The number of ether oxygens (including phenoxy) is 1. The van der Waals surface area contributed by atoms with E-state index < -0.39 is 29.4 Å². The van der Waals surface area contributed by atoms with E-state index in [2.05, 4.69) is 31.7 Å². The summed E-state index contributed by atoms with van der Waals surface area (Å²) in [4.78, 5) is 35.5. The van der Waals surface area contributed by atoms with Gasteiger partial charge in [0, 0.05) is 4.47 Å². The van der Waals surface area contributed by atoms with Gasteiger partial charge >= 0.3 is 11.8 Å². The standard InChI is InChI=1S/C23H17BrF2N4O4/c24-15-7-10-20(18(26)11-15)28-21(31)13-34-16-8-5-14(6-9-16)12-27-30-23(33)22(32)29-19-4-2-1-3-17(19)25/h1-12H,13H2,(H,28,31)(H,29,32)(H,30,33)/b27-12-. The molecule has 3 amide bonds. The van der Waals surface area contributed by atoms with Crippen molar-refractivity contribution in [1.82, 2.24) is 5.43 Å². The van der Waals surface area contributed by atoms with Crippen LogP contribution in [0.3, 0.4) is 0 Å². The van der Waals surface area contributed by atoms with Gasteiger partial charge in [0.05, 0.1) is 17.6 Å². The van der Waals surface area contributed by atoms with Crippen LogP contribution in [0.25, 0.3) is 0 Å². The lowest BCUT2D eigenvalue weighted by Crippen LogP contribution is -2.32. The van der Waals surface area contributed by atoms with Crippen LogP contribution in [0.1, 0.15) is 5.56 Å². The quantitative estimate of drug-likeness (QED) is 0.245. The van der Waals surface area contributed by atoms with Crippen molar-refractivity contribution >= 4 is 51.2 Å². The van der Waals surface area contributed by atoms with Crippen LogP contribution in [0.2, 0.25) is 0 Å². The normalized spacial score (nSPS) is 10.6. The molecular weight excluding hydrogens is 514 g/mol. The highest BCUT2D eigenvalue weighted by Gasteiger charge is 2.14. The minimum Gasteiger partial charge on any atom is -0.484 e. The number of carbonyl (C=O) groups is 3. The molecule has 0 aliphatic heterocycles. The molecular formula is C23H17BrF2N4O4. The second-order valence-corrected chi connectivity index (χ2v) is 7.58. The number of anilines is 2. The lowest BCUT2D eigenvalue weighted by molar-refractivity contribution is -0.136. The first-order chi connectivity index (χ1) is 16.3. The van der Waals surface area contributed by atoms with Gasteiger partial charge in [-0.25, -0.2) is 14.2 Å². The van der Waals surface area contributed by atoms with E-state index in [1.165, 1.54) is 36.5 Å². The van der Waals surface area contributed by atoms with Crippen LogP contribution < -0.4 is 20.8 Å². The molecule has 11 heteroatoms. The van der Waals surface area contributed by atoms with E-state index in [0.29, 0.717) is 15.8 Å². The third kappa shape index (κ3) is 7.20. The molecule has 3 N–H and O–H groups in total. The van der Waals surface area contributed by atoms with Crippen molar-refractivity contribution in [3.8, 4) is 5.75 Å². The topological polar surface area (TPSA) is 109 Å². The van der Waals surface area contributed by atoms with Crippen molar-refractivity contribution in [3.63, 3.8) is 0 Å². The molecule has 0 fully saturated rings. The van der Waals surface area contributed by atoms with Gasteiger partial charge in [0.2, 0.25) is 0 Å². The molecule has 0 aliphatic carbocycles. The summed E-state index contributed by atoms with van der Waals surface area (Å²) in [7, 11) is 0. The molecule has 3 rings (SSSR count). The molecule has 0 atom stereocenters. The highest BCUT2D eigenvalue weighted by molar-refractivity contribution is 9.10. The molecule has 3 aromatic rings. The Kier molecular flexibility index (Phi) is 8.41. The number of hydrogen-bond donors (Lipinski definition) is 3. The van der Waals surface area contributed by atoms with Crippen molar-refractivity contribution < 1.29 is 27.9 Å². The maximum absolute atomic E-state index is 13.8. The number of para-hydroxylation sites is 1. The zero-order valence-corrected chi connectivity index (χ0v) is 18.9. The Hall–Kier alpha value is -4.12. The lowest BCUT2D eigenvalue weighted by atomic mass is 10.2. The number of carbonyl (C=O) groups excluding carboxylic acids is 3. The highest BCUT2D eigenvalue weighted by Crippen LogP contribution is 2.19. The lowest BCUT2D eigenvalue weighted by Gasteiger charge is -2.08. The predicted octanol–water partition coefficient (Wildman–Crippen LogP) is 3.83. The van der Waals surface area contributed by atoms with Crippen LogP contribution in [-0.4, -0.2) is 30.5 Å².